The Labute approximate surface area is 115 Å². The Morgan fingerprint density at radius 2 is 2.11 bits per heavy atom. The number of rotatable bonds is 5. The maximum Gasteiger partial charge on any atom is 0.269 e. The first-order valence-electron chi connectivity index (χ1n) is 5.95. The maximum absolute atomic E-state index is 10.5. The lowest BCUT2D eigenvalue weighted by atomic mass is 10.2. The zero-order valence-corrected chi connectivity index (χ0v) is 11.6. The number of nitro benzene ring substituents is 1. The molecule has 0 radical (unpaired) electrons. The molecular formula is C13H15N3O2S. The van der Waals surface area contributed by atoms with Crippen molar-refractivity contribution in [1.82, 2.24) is 10.3 Å². The number of nitrogens with zero attached hydrogens (tertiary/aromatic N) is 2. The summed E-state index contributed by atoms with van der Waals surface area (Å²) >= 11 is 1.64. The quantitative estimate of drug-likeness (QED) is 0.673. The van der Waals surface area contributed by atoms with E-state index in [1.54, 1.807) is 23.5 Å². The van der Waals surface area contributed by atoms with Crippen LogP contribution in [0, 0.1) is 17.0 Å². The van der Waals surface area contributed by atoms with E-state index in [9.17, 15) is 10.1 Å². The van der Waals surface area contributed by atoms with E-state index in [4.69, 9.17) is 0 Å². The van der Waals surface area contributed by atoms with Gasteiger partial charge >= 0.3 is 0 Å². The molecule has 0 spiro atoms. The fourth-order valence-corrected chi connectivity index (χ4v) is 2.49. The standard InChI is InChI=1S/C13H15N3O2S/c1-9-8-19-13(15-9)10(2)14-7-11-3-5-12(6-4-11)16(17)18/h3-6,8,10,14H,7H2,1-2H3. The van der Waals surface area contributed by atoms with E-state index in [1.165, 1.54) is 12.1 Å². The first kappa shape index (κ1) is 13.6. The highest BCUT2D eigenvalue weighted by molar-refractivity contribution is 7.09. The summed E-state index contributed by atoms with van der Waals surface area (Å²) in [5.74, 6) is 0. The molecule has 1 aromatic heterocycles. The molecule has 0 saturated heterocycles. The minimum absolute atomic E-state index is 0.118. The Morgan fingerprint density at radius 3 is 2.63 bits per heavy atom. The molecule has 1 N–H and O–H groups in total. The second kappa shape index (κ2) is 5.90. The van der Waals surface area contributed by atoms with Crippen LogP contribution in [-0.2, 0) is 6.54 Å². The zero-order chi connectivity index (χ0) is 13.8. The molecule has 0 bridgehead atoms. The highest BCUT2D eigenvalue weighted by Crippen LogP contribution is 2.18. The number of hydrogen-bond acceptors (Lipinski definition) is 5. The number of aromatic nitrogens is 1. The van der Waals surface area contributed by atoms with E-state index in [-0.39, 0.29) is 11.7 Å². The first-order valence-corrected chi connectivity index (χ1v) is 6.83. The Bertz CT molecular complexity index is 566. The smallest absolute Gasteiger partial charge is 0.269 e. The fourth-order valence-electron chi connectivity index (χ4n) is 1.66. The van der Waals surface area contributed by atoms with Crippen molar-refractivity contribution in [2.24, 2.45) is 0 Å². The van der Waals surface area contributed by atoms with Crippen molar-refractivity contribution in [3.63, 3.8) is 0 Å². The molecule has 1 atom stereocenters. The molecule has 0 fully saturated rings. The van der Waals surface area contributed by atoms with Gasteiger partial charge in [0.1, 0.15) is 5.01 Å². The van der Waals surface area contributed by atoms with E-state index in [0.29, 0.717) is 6.54 Å². The molecule has 5 nitrogen and oxygen atoms in total. The topological polar surface area (TPSA) is 68.1 Å². The summed E-state index contributed by atoms with van der Waals surface area (Å²) in [6, 6.07) is 6.76. The Hall–Kier alpha value is -1.79. The van der Waals surface area contributed by atoms with Crippen LogP contribution < -0.4 is 5.32 Å². The molecule has 0 aliphatic rings. The van der Waals surface area contributed by atoms with Crippen LogP contribution >= 0.6 is 11.3 Å². The lowest BCUT2D eigenvalue weighted by molar-refractivity contribution is -0.384. The molecular weight excluding hydrogens is 262 g/mol. The predicted molar refractivity (Wildman–Crippen MR) is 75.2 cm³/mol. The number of aryl methyl sites for hydroxylation is 1. The van der Waals surface area contributed by atoms with Crippen molar-refractivity contribution in [2.75, 3.05) is 0 Å². The average Bonchev–Trinajstić information content (AvgIpc) is 2.83. The summed E-state index contributed by atoms with van der Waals surface area (Å²) < 4.78 is 0. The number of thiazole rings is 1. The van der Waals surface area contributed by atoms with Gasteiger partial charge in [0.2, 0.25) is 0 Å². The van der Waals surface area contributed by atoms with Crippen LogP contribution in [0.1, 0.15) is 29.2 Å². The van der Waals surface area contributed by atoms with Gasteiger partial charge in [0, 0.05) is 29.8 Å². The van der Waals surface area contributed by atoms with E-state index in [2.05, 4.69) is 17.2 Å². The summed E-state index contributed by atoms with van der Waals surface area (Å²) in [6.07, 6.45) is 0. The van der Waals surface area contributed by atoms with Gasteiger partial charge in [-0.25, -0.2) is 4.98 Å². The average molecular weight is 277 g/mol. The van der Waals surface area contributed by atoms with Crippen molar-refractivity contribution in [1.29, 1.82) is 0 Å². The van der Waals surface area contributed by atoms with Crippen molar-refractivity contribution in [3.05, 3.63) is 56.0 Å². The van der Waals surface area contributed by atoms with Gasteiger partial charge < -0.3 is 5.32 Å². The molecule has 1 unspecified atom stereocenters. The van der Waals surface area contributed by atoms with Crippen molar-refractivity contribution in [2.45, 2.75) is 26.4 Å². The molecule has 0 amide bonds. The minimum atomic E-state index is -0.391. The summed E-state index contributed by atoms with van der Waals surface area (Å²) in [7, 11) is 0. The Kier molecular flexibility index (Phi) is 4.24. The molecule has 6 heteroatoms. The zero-order valence-electron chi connectivity index (χ0n) is 10.8. The molecule has 19 heavy (non-hydrogen) atoms. The lowest BCUT2D eigenvalue weighted by Gasteiger charge is -2.10. The van der Waals surface area contributed by atoms with Gasteiger partial charge in [0.15, 0.2) is 0 Å². The summed E-state index contributed by atoms with van der Waals surface area (Å²) in [6.45, 7) is 4.70. The van der Waals surface area contributed by atoms with Crippen molar-refractivity contribution in [3.8, 4) is 0 Å². The van der Waals surface area contributed by atoms with E-state index in [0.717, 1.165) is 16.3 Å². The van der Waals surface area contributed by atoms with Gasteiger partial charge in [-0.1, -0.05) is 12.1 Å². The van der Waals surface area contributed by atoms with Crippen LogP contribution in [0.2, 0.25) is 0 Å². The van der Waals surface area contributed by atoms with Crippen LogP contribution in [-0.4, -0.2) is 9.91 Å². The van der Waals surface area contributed by atoms with Gasteiger partial charge in [-0.15, -0.1) is 11.3 Å². The molecule has 2 aromatic rings. The van der Waals surface area contributed by atoms with Crippen LogP contribution in [0.5, 0.6) is 0 Å². The largest absolute Gasteiger partial charge is 0.304 e. The van der Waals surface area contributed by atoms with Crippen LogP contribution in [0.4, 0.5) is 5.69 Å². The Morgan fingerprint density at radius 1 is 1.42 bits per heavy atom. The van der Waals surface area contributed by atoms with Gasteiger partial charge in [-0.3, -0.25) is 10.1 Å². The fraction of sp³-hybridized carbons (Fsp3) is 0.308. The van der Waals surface area contributed by atoms with Crippen LogP contribution in [0.25, 0.3) is 0 Å². The molecule has 0 aliphatic heterocycles. The van der Waals surface area contributed by atoms with Gasteiger partial charge in [-0.05, 0) is 19.4 Å². The van der Waals surface area contributed by atoms with Crippen LogP contribution in [0.3, 0.4) is 0 Å². The third kappa shape index (κ3) is 3.59. The lowest BCUT2D eigenvalue weighted by Crippen LogP contribution is -2.17. The summed E-state index contributed by atoms with van der Waals surface area (Å²) in [5, 5.41) is 17.0. The highest BCUT2D eigenvalue weighted by atomic mass is 32.1. The van der Waals surface area contributed by atoms with Gasteiger partial charge in [0.05, 0.1) is 11.0 Å². The highest BCUT2D eigenvalue weighted by Gasteiger charge is 2.09. The molecule has 0 saturated carbocycles. The first-order chi connectivity index (χ1) is 9.06. The predicted octanol–water partition coefficient (Wildman–Crippen LogP) is 3.21. The Balaban J connectivity index is 1.93. The van der Waals surface area contributed by atoms with Crippen molar-refractivity contribution < 1.29 is 4.92 Å². The SMILES string of the molecule is Cc1csc(C(C)NCc2ccc([N+](=O)[O-])cc2)n1. The molecule has 2 rings (SSSR count). The minimum Gasteiger partial charge on any atom is -0.304 e. The second-order valence-electron chi connectivity index (χ2n) is 4.35. The molecule has 1 heterocycles. The number of benzene rings is 1. The summed E-state index contributed by atoms with van der Waals surface area (Å²) in [4.78, 5) is 14.6. The third-order valence-electron chi connectivity index (χ3n) is 2.77. The third-order valence-corrected chi connectivity index (χ3v) is 3.91. The van der Waals surface area contributed by atoms with Gasteiger partial charge in [-0.2, -0.15) is 0 Å². The number of hydrogen-bond donors (Lipinski definition) is 1. The molecule has 1 aromatic carbocycles. The van der Waals surface area contributed by atoms with E-state index < -0.39 is 4.92 Å². The maximum atomic E-state index is 10.5. The molecule has 0 aliphatic carbocycles. The number of nitro groups is 1. The van der Waals surface area contributed by atoms with Crippen LogP contribution in [0.15, 0.2) is 29.6 Å². The van der Waals surface area contributed by atoms with E-state index >= 15 is 0 Å². The normalized spacial score (nSPS) is 12.3. The second-order valence-corrected chi connectivity index (χ2v) is 5.24. The number of non-ortho nitro benzene ring substituents is 1. The monoisotopic (exact) mass is 277 g/mol. The number of nitrogens with one attached hydrogen (secondary N) is 1. The van der Waals surface area contributed by atoms with Crippen molar-refractivity contribution >= 4 is 17.0 Å². The van der Waals surface area contributed by atoms with E-state index in [1.807, 2.05) is 12.3 Å². The molecule has 100 valence electrons. The van der Waals surface area contributed by atoms with Gasteiger partial charge in [0.25, 0.3) is 5.69 Å². The summed E-state index contributed by atoms with van der Waals surface area (Å²) in [5.41, 5.74) is 2.17.